The molecular weight excluding hydrogens is 360 g/mol. The lowest BCUT2D eigenvalue weighted by molar-refractivity contribution is -0.132. The molecule has 0 saturated heterocycles. The van der Waals surface area contributed by atoms with Crippen molar-refractivity contribution in [2.75, 3.05) is 7.11 Å². The maximum absolute atomic E-state index is 12.2. The number of benzene rings is 2. The predicted molar refractivity (Wildman–Crippen MR) is 103 cm³/mol. The van der Waals surface area contributed by atoms with Crippen molar-refractivity contribution in [1.82, 2.24) is 15.6 Å². The van der Waals surface area contributed by atoms with E-state index in [0.29, 0.717) is 28.5 Å². The Balaban J connectivity index is 1.65. The van der Waals surface area contributed by atoms with Crippen LogP contribution in [0.3, 0.4) is 0 Å². The van der Waals surface area contributed by atoms with Gasteiger partial charge in [0.1, 0.15) is 5.69 Å². The SMILES string of the molecule is COc1cc(/C=N\NC(=O)c2cc(-c3ccccc3)n[nH]2)ccc1OC(C)=O. The van der Waals surface area contributed by atoms with Gasteiger partial charge in [-0.3, -0.25) is 14.7 Å². The third kappa shape index (κ3) is 4.61. The summed E-state index contributed by atoms with van der Waals surface area (Å²) in [5.74, 6) is -0.176. The number of rotatable bonds is 6. The number of amides is 1. The zero-order valence-corrected chi connectivity index (χ0v) is 15.3. The number of nitrogens with zero attached hydrogens (tertiary/aromatic N) is 2. The van der Waals surface area contributed by atoms with Crippen molar-refractivity contribution in [2.24, 2.45) is 5.10 Å². The van der Waals surface area contributed by atoms with Crippen LogP contribution in [0.15, 0.2) is 59.7 Å². The molecule has 8 heteroatoms. The number of carbonyl (C=O) groups excluding carboxylic acids is 2. The summed E-state index contributed by atoms with van der Waals surface area (Å²) in [6.07, 6.45) is 1.45. The summed E-state index contributed by atoms with van der Waals surface area (Å²) in [5, 5.41) is 10.8. The van der Waals surface area contributed by atoms with E-state index >= 15 is 0 Å². The lowest BCUT2D eigenvalue weighted by Crippen LogP contribution is -2.18. The molecule has 0 aliphatic heterocycles. The molecule has 1 aromatic heterocycles. The molecule has 0 fully saturated rings. The van der Waals surface area contributed by atoms with Crippen molar-refractivity contribution in [3.8, 4) is 22.8 Å². The summed E-state index contributed by atoms with van der Waals surface area (Å²) in [4.78, 5) is 23.3. The molecule has 0 aliphatic carbocycles. The number of aromatic nitrogens is 2. The minimum atomic E-state index is -0.443. The zero-order chi connectivity index (χ0) is 19.9. The summed E-state index contributed by atoms with van der Waals surface area (Å²) in [6.45, 7) is 1.31. The van der Waals surface area contributed by atoms with Crippen molar-refractivity contribution < 1.29 is 19.1 Å². The molecule has 0 atom stereocenters. The number of ether oxygens (including phenoxy) is 2. The number of H-pyrrole nitrogens is 1. The number of hydrazone groups is 1. The molecular formula is C20H18N4O4. The van der Waals surface area contributed by atoms with Gasteiger partial charge in [-0.15, -0.1) is 0 Å². The van der Waals surface area contributed by atoms with Gasteiger partial charge in [0.15, 0.2) is 11.5 Å². The van der Waals surface area contributed by atoms with Gasteiger partial charge in [-0.1, -0.05) is 30.3 Å². The Labute approximate surface area is 161 Å². The van der Waals surface area contributed by atoms with Gasteiger partial charge in [-0.25, -0.2) is 5.43 Å². The average molecular weight is 378 g/mol. The minimum absolute atomic E-state index is 0.291. The zero-order valence-electron chi connectivity index (χ0n) is 15.3. The quantitative estimate of drug-likeness (QED) is 0.297. The maximum Gasteiger partial charge on any atom is 0.308 e. The largest absolute Gasteiger partial charge is 0.493 e. The molecule has 0 saturated carbocycles. The molecule has 0 radical (unpaired) electrons. The summed E-state index contributed by atoms with van der Waals surface area (Å²) in [5.41, 5.74) is 4.95. The van der Waals surface area contributed by atoms with Crippen molar-refractivity contribution in [2.45, 2.75) is 6.92 Å². The highest BCUT2D eigenvalue weighted by Gasteiger charge is 2.10. The Morgan fingerprint density at radius 2 is 1.89 bits per heavy atom. The van der Waals surface area contributed by atoms with E-state index in [1.165, 1.54) is 20.2 Å². The second-order valence-corrected chi connectivity index (χ2v) is 5.74. The van der Waals surface area contributed by atoms with Crippen molar-refractivity contribution in [3.63, 3.8) is 0 Å². The van der Waals surface area contributed by atoms with Gasteiger partial charge >= 0.3 is 5.97 Å². The van der Waals surface area contributed by atoms with Crippen molar-refractivity contribution >= 4 is 18.1 Å². The fourth-order valence-corrected chi connectivity index (χ4v) is 2.42. The first-order valence-corrected chi connectivity index (χ1v) is 8.37. The van der Waals surface area contributed by atoms with E-state index in [1.54, 1.807) is 24.3 Å². The van der Waals surface area contributed by atoms with Crippen LogP contribution in [0.4, 0.5) is 0 Å². The smallest absolute Gasteiger partial charge is 0.308 e. The lowest BCUT2D eigenvalue weighted by atomic mass is 10.1. The molecule has 2 N–H and O–H groups in total. The topological polar surface area (TPSA) is 106 Å². The van der Waals surface area contributed by atoms with Gasteiger partial charge in [0.05, 0.1) is 19.0 Å². The molecule has 2 aromatic carbocycles. The van der Waals surface area contributed by atoms with E-state index in [4.69, 9.17) is 9.47 Å². The first-order chi connectivity index (χ1) is 13.6. The third-order valence-corrected chi connectivity index (χ3v) is 3.71. The van der Waals surface area contributed by atoms with E-state index in [9.17, 15) is 9.59 Å². The van der Waals surface area contributed by atoms with Gasteiger partial charge in [0.25, 0.3) is 5.91 Å². The van der Waals surface area contributed by atoms with Gasteiger partial charge in [0, 0.05) is 12.5 Å². The number of methoxy groups -OCH3 is 1. The Bertz CT molecular complexity index is 1010. The number of hydrogen-bond donors (Lipinski definition) is 2. The fraction of sp³-hybridized carbons (Fsp3) is 0.100. The Morgan fingerprint density at radius 3 is 2.61 bits per heavy atom. The van der Waals surface area contributed by atoms with Crippen molar-refractivity contribution in [1.29, 1.82) is 0 Å². The van der Waals surface area contributed by atoms with E-state index in [0.717, 1.165) is 5.56 Å². The maximum atomic E-state index is 12.2. The standard InChI is InChI=1S/C20H18N4O4/c1-13(25)28-18-9-8-14(10-19(18)27-2)12-21-24-20(26)17-11-16(22-23-17)15-6-4-3-5-7-15/h3-12H,1-2H3,(H,22,23)(H,24,26)/b21-12-. The minimum Gasteiger partial charge on any atom is -0.493 e. The highest BCUT2D eigenvalue weighted by Crippen LogP contribution is 2.27. The molecule has 3 aromatic rings. The second-order valence-electron chi connectivity index (χ2n) is 5.74. The summed E-state index contributed by atoms with van der Waals surface area (Å²) in [7, 11) is 1.47. The highest BCUT2D eigenvalue weighted by atomic mass is 16.6. The predicted octanol–water partition coefficient (Wildman–Crippen LogP) is 2.77. The summed E-state index contributed by atoms with van der Waals surface area (Å²) in [6, 6.07) is 16.1. The molecule has 3 rings (SSSR count). The third-order valence-electron chi connectivity index (χ3n) is 3.71. The van der Waals surface area contributed by atoms with E-state index in [2.05, 4.69) is 20.7 Å². The van der Waals surface area contributed by atoms with Crippen LogP contribution >= 0.6 is 0 Å². The van der Waals surface area contributed by atoms with Crippen LogP contribution in [-0.4, -0.2) is 35.4 Å². The van der Waals surface area contributed by atoms with Crippen LogP contribution < -0.4 is 14.9 Å². The first-order valence-electron chi connectivity index (χ1n) is 8.37. The molecule has 0 unspecified atom stereocenters. The number of esters is 1. The van der Waals surface area contributed by atoms with Crippen LogP contribution in [0.2, 0.25) is 0 Å². The van der Waals surface area contributed by atoms with Crippen molar-refractivity contribution in [3.05, 3.63) is 65.9 Å². The second kappa shape index (κ2) is 8.63. The monoisotopic (exact) mass is 378 g/mol. The van der Waals surface area contributed by atoms with E-state index < -0.39 is 11.9 Å². The van der Waals surface area contributed by atoms with E-state index in [1.807, 2.05) is 30.3 Å². The van der Waals surface area contributed by atoms with E-state index in [-0.39, 0.29) is 0 Å². The molecule has 1 heterocycles. The molecule has 8 nitrogen and oxygen atoms in total. The van der Waals surface area contributed by atoms with Gasteiger partial charge in [-0.2, -0.15) is 10.2 Å². The number of carbonyl (C=O) groups is 2. The highest BCUT2D eigenvalue weighted by molar-refractivity contribution is 5.94. The summed E-state index contributed by atoms with van der Waals surface area (Å²) >= 11 is 0. The molecule has 0 aliphatic rings. The Morgan fingerprint density at radius 1 is 1.11 bits per heavy atom. The number of nitrogens with one attached hydrogen (secondary N) is 2. The fourth-order valence-electron chi connectivity index (χ4n) is 2.42. The number of aromatic amines is 1. The van der Waals surface area contributed by atoms with Gasteiger partial charge < -0.3 is 9.47 Å². The molecule has 28 heavy (non-hydrogen) atoms. The van der Waals surface area contributed by atoms with Crippen LogP contribution in [0, 0.1) is 0 Å². The molecule has 142 valence electrons. The van der Waals surface area contributed by atoms with Gasteiger partial charge in [-0.05, 0) is 29.8 Å². The van der Waals surface area contributed by atoms with Crippen LogP contribution in [0.5, 0.6) is 11.5 Å². The molecule has 0 bridgehead atoms. The van der Waals surface area contributed by atoms with Gasteiger partial charge in [0.2, 0.25) is 0 Å². The molecule has 0 spiro atoms. The Kier molecular flexibility index (Phi) is 5.81. The first kappa shape index (κ1) is 18.8. The normalized spacial score (nSPS) is 10.6. The van der Waals surface area contributed by atoms with Crippen LogP contribution in [-0.2, 0) is 4.79 Å². The van der Waals surface area contributed by atoms with Crippen LogP contribution in [0.1, 0.15) is 23.0 Å². The summed E-state index contributed by atoms with van der Waals surface area (Å²) < 4.78 is 10.2. The Hall–Kier alpha value is -3.94. The average Bonchev–Trinajstić information content (AvgIpc) is 3.19. The van der Waals surface area contributed by atoms with Crippen LogP contribution in [0.25, 0.3) is 11.3 Å². The molecule has 1 amide bonds. The number of hydrogen-bond acceptors (Lipinski definition) is 6. The lowest BCUT2D eigenvalue weighted by Gasteiger charge is -2.08.